The molecule has 0 aliphatic rings. The van der Waals surface area contributed by atoms with Crippen LogP contribution in [0.3, 0.4) is 0 Å². The molecule has 78 valence electrons. The third-order valence-corrected chi connectivity index (χ3v) is 2.15. The van der Waals surface area contributed by atoms with Crippen molar-refractivity contribution in [3.05, 3.63) is 34.8 Å². The van der Waals surface area contributed by atoms with E-state index in [1.165, 1.54) is 13.3 Å². The average molecular weight is 229 g/mol. The number of hydrogen-bond acceptors (Lipinski definition) is 4. The van der Waals surface area contributed by atoms with Gasteiger partial charge in [0.1, 0.15) is 5.75 Å². The SMILES string of the molecule is COc1ccc2[nH]cc(/[N+]([O-])=N\[O-])c2c1.[Na+]. The van der Waals surface area contributed by atoms with Gasteiger partial charge in [-0.25, -0.2) is 0 Å². The van der Waals surface area contributed by atoms with Gasteiger partial charge in [0.2, 0.25) is 0 Å². The van der Waals surface area contributed by atoms with Gasteiger partial charge in [0.05, 0.1) is 24.2 Å². The van der Waals surface area contributed by atoms with Crippen LogP contribution in [0, 0.1) is 10.4 Å². The molecule has 0 saturated heterocycles. The summed E-state index contributed by atoms with van der Waals surface area (Å²) in [6, 6.07) is 5.18. The normalized spacial score (nSPS) is 11.2. The summed E-state index contributed by atoms with van der Waals surface area (Å²) in [6.07, 6.45) is 1.43. The molecule has 0 radical (unpaired) electrons. The molecular weight excluding hydrogens is 221 g/mol. The number of aromatic amines is 1. The first-order valence-electron chi connectivity index (χ1n) is 4.22. The molecule has 0 atom stereocenters. The van der Waals surface area contributed by atoms with Gasteiger partial charge in [-0.3, -0.25) is 0 Å². The summed E-state index contributed by atoms with van der Waals surface area (Å²) in [7, 11) is 1.53. The Morgan fingerprint density at radius 3 is 2.81 bits per heavy atom. The Morgan fingerprint density at radius 2 is 2.19 bits per heavy atom. The molecule has 0 spiro atoms. The predicted molar refractivity (Wildman–Crippen MR) is 53.9 cm³/mol. The van der Waals surface area contributed by atoms with Crippen LogP contribution in [0.4, 0.5) is 5.69 Å². The van der Waals surface area contributed by atoms with E-state index in [1.807, 2.05) is 0 Å². The first kappa shape index (κ1) is 12.8. The molecule has 16 heavy (non-hydrogen) atoms. The summed E-state index contributed by atoms with van der Waals surface area (Å²) in [6.45, 7) is 0. The molecule has 1 aromatic heterocycles. The van der Waals surface area contributed by atoms with E-state index in [1.54, 1.807) is 18.2 Å². The monoisotopic (exact) mass is 229 g/mol. The molecule has 0 fully saturated rings. The Bertz CT molecular complexity index is 524. The van der Waals surface area contributed by atoms with Gasteiger partial charge in [0.15, 0.2) is 0 Å². The molecule has 1 N–H and O–H groups in total. The Morgan fingerprint density at radius 1 is 1.44 bits per heavy atom. The summed E-state index contributed by atoms with van der Waals surface area (Å²) < 4.78 is 5.02. The average Bonchev–Trinajstić information content (AvgIpc) is 2.70. The van der Waals surface area contributed by atoms with E-state index in [0.29, 0.717) is 11.1 Å². The summed E-state index contributed by atoms with van der Waals surface area (Å²) in [4.78, 5) is 2.88. The first-order valence-corrected chi connectivity index (χ1v) is 4.22. The van der Waals surface area contributed by atoms with Crippen molar-refractivity contribution < 1.29 is 39.2 Å². The van der Waals surface area contributed by atoms with E-state index in [0.717, 1.165) is 5.52 Å². The maximum atomic E-state index is 11.1. The Hall–Kier alpha value is -1.24. The molecule has 0 saturated carbocycles. The van der Waals surface area contributed by atoms with Gasteiger partial charge < -0.3 is 20.1 Å². The van der Waals surface area contributed by atoms with E-state index in [2.05, 4.69) is 10.3 Å². The minimum atomic E-state index is 0. The van der Waals surface area contributed by atoms with Crippen molar-refractivity contribution in [2.45, 2.75) is 0 Å². The number of rotatable bonds is 2. The number of methoxy groups -OCH3 is 1. The zero-order valence-corrected chi connectivity index (χ0v) is 10.9. The van der Waals surface area contributed by atoms with Crippen molar-refractivity contribution in [3.63, 3.8) is 0 Å². The number of aromatic nitrogens is 1. The number of H-pyrrole nitrogens is 1. The fourth-order valence-electron chi connectivity index (χ4n) is 1.41. The van der Waals surface area contributed by atoms with Gasteiger partial charge in [-0.15, -0.1) is 0 Å². The minimum absolute atomic E-state index is 0. The number of nitrogens with one attached hydrogen (secondary N) is 1. The van der Waals surface area contributed by atoms with Gasteiger partial charge in [0.25, 0.3) is 5.69 Å². The van der Waals surface area contributed by atoms with Crippen molar-refractivity contribution in [2.75, 3.05) is 7.11 Å². The smallest absolute Gasteiger partial charge is 0.739 e. The van der Waals surface area contributed by atoms with Gasteiger partial charge in [-0.1, -0.05) is 4.86 Å². The van der Waals surface area contributed by atoms with E-state index in [9.17, 15) is 10.4 Å². The summed E-state index contributed by atoms with van der Waals surface area (Å²) in [5, 5.41) is 24.1. The third kappa shape index (κ3) is 2.13. The maximum Gasteiger partial charge on any atom is 1.00 e. The van der Waals surface area contributed by atoms with Crippen LogP contribution >= 0.6 is 0 Å². The van der Waals surface area contributed by atoms with E-state index in [-0.39, 0.29) is 40.1 Å². The zero-order valence-electron chi connectivity index (χ0n) is 8.93. The van der Waals surface area contributed by atoms with E-state index in [4.69, 9.17) is 4.74 Å². The van der Waals surface area contributed by atoms with Crippen LogP contribution in [0.5, 0.6) is 5.75 Å². The molecule has 7 heteroatoms. The zero-order chi connectivity index (χ0) is 10.8. The predicted octanol–water partition coefficient (Wildman–Crippen LogP) is -0.728. The number of nitrogens with zero attached hydrogens (tertiary/aromatic N) is 2. The Kier molecular flexibility index (Phi) is 4.17. The second-order valence-electron chi connectivity index (χ2n) is 2.94. The van der Waals surface area contributed by atoms with Crippen LogP contribution in [0.25, 0.3) is 10.9 Å². The quantitative estimate of drug-likeness (QED) is 0.319. The van der Waals surface area contributed by atoms with Gasteiger partial charge in [0, 0.05) is 0 Å². The molecule has 0 aliphatic heterocycles. The molecule has 1 aromatic carbocycles. The van der Waals surface area contributed by atoms with E-state index >= 15 is 0 Å². The number of ether oxygens (including phenoxy) is 1. The van der Waals surface area contributed by atoms with Crippen molar-refractivity contribution in [1.82, 2.24) is 4.98 Å². The van der Waals surface area contributed by atoms with Crippen molar-refractivity contribution >= 4 is 16.6 Å². The fraction of sp³-hybridized carbons (Fsp3) is 0.111. The fourth-order valence-corrected chi connectivity index (χ4v) is 1.41. The Balaban J connectivity index is 0.00000128. The third-order valence-electron chi connectivity index (χ3n) is 2.15. The summed E-state index contributed by atoms with van der Waals surface area (Å²) in [5.74, 6) is 0.614. The molecule has 1 heterocycles. The van der Waals surface area contributed by atoms with Crippen LogP contribution in [-0.4, -0.2) is 17.0 Å². The topological polar surface area (TPSA) is 86.5 Å². The van der Waals surface area contributed by atoms with Gasteiger partial charge in [-0.2, -0.15) is 0 Å². The largest absolute Gasteiger partial charge is 1.00 e. The van der Waals surface area contributed by atoms with Gasteiger partial charge >= 0.3 is 29.6 Å². The second kappa shape index (κ2) is 5.20. The van der Waals surface area contributed by atoms with Gasteiger partial charge in [-0.05, 0) is 23.5 Å². The van der Waals surface area contributed by atoms with Crippen LogP contribution in [0.1, 0.15) is 0 Å². The van der Waals surface area contributed by atoms with Crippen molar-refractivity contribution in [3.8, 4) is 5.75 Å². The molecule has 0 bridgehead atoms. The molecule has 0 aliphatic carbocycles. The number of benzene rings is 1. The van der Waals surface area contributed by atoms with Crippen LogP contribution in [-0.2, 0) is 0 Å². The van der Waals surface area contributed by atoms with Crippen LogP contribution in [0.15, 0.2) is 29.7 Å². The van der Waals surface area contributed by atoms with Crippen LogP contribution < -0.4 is 34.3 Å². The minimum Gasteiger partial charge on any atom is -0.739 e. The Labute approximate surface area is 113 Å². The molecule has 6 nitrogen and oxygen atoms in total. The van der Waals surface area contributed by atoms with Crippen LogP contribution in [0.2, 0.25) is 0 Å². The molecule has 0 unspecified atom stereocenters. The second-order valence-corrected chi connectivity index (χ2v) is 2.94. The molecular formula is C9H8N3NaO3. The molecule has 2 rings (SSSR count). The molecule has 2 aromatic rings. The maximum absolute atomic E-state index is 11.1. The standard InChI is InChI=1S/C9H9N3O3.Na/c1-15-6-2-3-8-7(4-6)9(5-10-8)12(14)11-13;/h2-5,10,13H,1H3;/q;+1/p-1/b12-11+;. The molecule has 0 amide bonds. The first-order chi connectivity index (χ1) is 7.26. The van der Waals surface area contributed by atoms with E-state index < -0.39 is 0 Å². The number of fused-ring (bicyclic) bond motifs is 1. The summed E-state index contributed by atoms with van der Waals surface area (Å²) in [5.41, 5.74) is 0.925. The number of hydrogen-bond donors (Lipinski definition) is 1. The van der Waals surface area contributed by atoms with Crippen molar-refractivity contribution in [2.24, 2.45) is 5.28 Å². The van der Waals surface area contributed by atoms with Crippen molar-refractivity contribution in [1.29, 1.82) is 0 Å². The summed E-state index contributed by atoms with van der Waals surface area (Å²) >= 11 is 0.